The van der Waals surface area contributed by atoms with E-state index in [1.54, 1.807) is 11.3 Å². The summed E-state index contributed by atoms with van der Waals surface area (Å²) in [5.74, 6) is 0.959. The van der Waals surface area contributed by atoms with Crippen molar-refractivity contribution in [3.63, 3.8) is 0 Å². The molecule has 0 saturated heterocycles. The molecule has 1 aromatic carbocycles. The van der Waals surface area contributed by atoms with Crippen molar-refractivity contribution in [2.75, 3.05) is 13.6 Å². The van der Waals surface area contributed by atoms with E-state index in [1.807, 2.05) is 7.05 Å². The van der Waals surface area contributed by atoms with Crippen molar-refractivity contribution >= 4 is 17.3 Å². The molecule has 1 aliphatic rings. The first-order valence-electron chi connectivity index (χ1n) is 7.75. The number of nitrogens with zero attached hydrogens (tertiary/aromatic N) is 3. The SMILES string of the molecule is CCc1nc(CNC(=NC)N2CCc3ccccc3C2)cs1. The number of rotatable bonds is 3. The average Bonchev–Trinajstić information content (AvgIpc) is 3.03. The zero-order valence-electron chi connectivity index (χ0n) is 13.2. The molecule has 22 heavy (non-hydrogen) atoms. The molecular weight excluding hydrogens is 292 g/mol. The Kier molecular flexibility index (Phi) is 4.73. The molecule has 0 atom stereocenters. The predicted octanol–water partition coefficient (Wildman–Crippen LogP) is 2.84. The third-order valence-electron chi connectivity index (χ3n) is 3.97. The molecule has 0 saturated carbocycles. The Morgan fingerprint density at radius 1 is 1.36 bits per heavy atom. The number of hydrogen-bond donors (Lipinski definition) is 1. The second-order valence-electron chi connectivity index (χ2n) is 5.43. The molecule has 0 unspecified atom stereocenters. The zero-order valence-corrected chi connectivity index (χ0v) is 14.0. The summed E-state index contributed by atoms with van der Waals surface area (Å²) in [6, 6.07) is 8.67. The first kappa shape index (κ1) is 15.0. The molecule has 0 amide bonds. The van der Waals surface area contributed by atoms with Gasteiger partial charge in [-0.25, -0.2) is 4.98 Å². The van der Waals surface area contributed by atoms with Gasteiger partial charge in [-0.2, -0.15) is 0 Å². The largest absolute Gasteiger partial charge is 0.351 e. The van der Waals surface area contributed by atoms with E-state index >= 15 is 0 Å². The van der Waals surface area contributed by atoms with E-state index in [4.69, 9.17) is 0 Å². The van der Waals surface area contributed by atoms with E-state index in [0.717, 1.165) is 44.1 Å². The van der Waals surface area contributed by atoms with Crippen molar-refractivity contribution in [3.8, 4) is 0 Å². The normalized spacial score (nSPS) is 14.8. The van der Waals surface area contributed by atoms with Gasteiger partial charge in [-0.3, -0.25) is 4.99 Å². The molecule has 1 aliphatic heterocycles. The summed E-state index contributed by atoms with van der Waals surface area (Å²) in [5.41, 5.74) is 3.96. The van der Waals surface area contributed by atoms with Gasteiger partial charge in [0.2, 0.25) is 0 Å². The molecule has 3 rings (SSSR count). The van der Waals surface area contributed by atoms with Crippen LogP contribution in [0.5, 0.6) is 0 Å². The maximum absolute atomic E-state index is 4.60. The Hall–Kier alpha value is -1.88. The Morgan fingerprint density at radius 3 is 2.91 bits per heavy atom. The van der Waals surface area contributed by atoms with E-state index in [9.17, 15) is 0 Å². The number of fused-ring (bicyclic) bond motifs is 1. The Balaban J connectivity index is 1.63. The number of aliphatic imine (C=N–C) groups is 1. The smallest absolute Gasteiger partial charge is 0.194 e. The van der Waals surface area contributed by atoms with Crippen LogP contribution in [0.2, 0.25) is 0 Å². The zero-order chi connectivity index (χ0) is 15.4. The number of thiazole rings is 1. The highest BCUT2D eigenvalue weighted by Gasteiger charge is 2.18. The quantitative estimate of drug-likeness (QED) is 0.699. The third-order valence-corrected chi connectivity index (χ3v) is 5.01. The van der Waals surface area contributed by atoms with E-state index in [0.29, 0.717) is 0 Å². The minimum Gasteiger partial charge on any atom is -0.351 e. The molecule has 1 N–H and O–H groups in total. The van der Waals surface area contributed by atoms with Gasteiger partial charge < -0.3 is 10.2 Å². The van der Waals surface area contributed by atoms with Crippen LogP contribution in [0, 0.1) is 0 Å². The van der Waals surface area contributed by atoms with Crippen LogP contribution in [0.3, 0.4) is 0 Å². The van der Waals surface area contributed by atoms with Gasteiger partial charge in [-0.15, -0.1) is 11.3 Å². The van der Waals surface area contributed by atoms with Gasteiger partial charge in [-0.05, 0) is 24.0 Å². The minimum atomic E-state index is 0.737. The summed E-state index contributed by atoms with van der Waals surface area (Å²) in [4.78, 5) is 11.3. The summed E-state index contributed by atoms with van der Waals surface area (Å²) in [6.45, 7) is 4.81. The van der Waals surface area contributed by atoms with Gasteiger partial charge in [0.15, 0.2) is 5.96 Å². The van der Waals surface area contributed by atoms with Gasteiger partial charge in [0.1, 0.15) is 0 Å². The predicted molar refractivity (Wildman–Crippen MR) is 92.2 cm³/mol. The Bertz CT molecular complexity index is 662. The van der Waals surface area contributed by atoms with Crippen LogP contribution in [0.25, 0.3) is 0 Å². The molecule has 1 aromatic heterocycles. The van der Waals surface area contributed by atoms with Crippen molar-refractivity contribution in [2.24, 2.45) is 4.99 Å². The molecule has 5 heteroatoms. The number of nitrogens with one attached hydrogen (secondary N) is 1. The number of benzene rings is 1. The summed E-state index contributed by atoms with van der Waals surface area (Å²) in [5, 5.41) is 6.77. The lowest BCUT2D eigenvalue weighted by atomic mass is 10.0. The summed E-state index contributed by atoms with van der Waals surface area (Å²) >= 11 is 1.73. The third kappa shape index (κ3) is 3.30. The van der Waals surface area contributed by atoms with Gasteiger partial charge in [0, 0.05) is 25.5 Å². The summed E-state index contributed by atoms with van der Waals surface area (Å²) in [6.07, 6.45) is 2.08. The highest BCUT2D eigenvalue weighted by Crippen LogP contribution is 2.18. The van der Waals surface area contributed by atoms with Crippen LogP contribution in [-0.2, 0) is 25.9 Å². The first-order chi connectivity index (χ1) is 10.8. The molecule has 0 spiro atoms. The first-order valence-corrected chi connectivity index (χ1v) is 8.63. The highest BCUT2D eigenvalue weighted by molar-refractivity contribution is 7.09. The van der Waals surface area contributed by atoms with Crippen molar-refractivity contribution in [3.05, 3.63) is 51.5 Å². The lowest BCUT2D eigenvalue weighted by Crippen LogP contribution is -2.43. The van der Waals surface area contributed by atoms with Crippen molar-refractivity contribution in [1.82, 2.24) is 15.2 Å². The van der Waals surface area contributed by atoms with Crippen LogP contribution in [0.15, 0.2) is 34.6 Å². The Morgan fingerprint density at radius 2 is 2.18 bits per heavy atom. The van der Waals surface area contributed by atoms with Gasteiger partial charge >= 0.3 is 0 Å². The topological polar surface area (TPSA) is 40.5 Å². The van der Waals surface area contributed by atoms with Crippen LogP contribution < -0.4 is 5.32 Å². The molecule has 0 fully saturated rings. The molecule has 4 nitrogen and oxygen atoms in total. The molecule has 2 heterocycles. The van der Waals surface area contributed by atoms with Crippen LogP contribution in [-0.4, -0.2) is 29.4 Å². The Labute approximate surface area is 135 Å². The highest BCUT2D eigenvalue weighted by atomic mass is 32.1. The number of aromatic nitrogens is 1. The number of aryl methyl sites for hydroxylation is 1. The van der Waals surface area contributed by atoms with Crippen LogP contribution in [0.4, 0.5) is 0 Å². The molecule has 2 aromatic rings. The van der Waals surface area contributed by atoms with E-state index in [-0.39, 0.29) is 0 Å². The second-order valence-corrected chi connectivity index (χ2v) is 6.37. The molecule has 116 valence electrons. The lowest BCUT2D eigenvalue weighted by Gasteiger charge is -2.31. The van der Waals surface area contributed by atoms with Crippen molar-refractivity contribution in [1.29, 1.82) is 0 Å². The van der Waals surface area contributed by atoms with Gasteiger partial charge in [0.25, 0.3) is 0 Å². The van der Waals surface area contributed by atoms with Gasteiger partial charge in [-0.1, -0.05) is 31.2 Å². The monoisotopic (exact) mass is 314 g/mol. The summed E-state index contributed by atoms with van der Waals surface area (Å²) in [7, 11) is 1.85. The average molecular weight is 314 g/mol. The standard InChI is InChI=1S/C17H22N4S/c1-3-16-20-15(12-22-16)10-19-17(18-2)21-9-8-13-6-4-5-7-14(13)11-21/h4-7,12H,3,8-11H2,1-2H3,(H,18,19). The van der Waals surface area contributed by atoms with E-state index < -0.39 is 0 Å². The molecule has 0 radical (unpaired) electrons. The lowest BCUT2D eigenvalue weighted by molar-refractivity contribution is 0.378. The summed E-state index contributed by atoms with van der Waals surface area (Å²) < 4.78 is 0. The van der Waals surface area contributed by atoms with Crippen LogP contribution in [0.1, 0.15) is 28.8 Å². The molecule has 0 bridgehead atoms. The van der Waals surface area contributed by atoms with E-state index in [1.165, 1.54) is 16.1 Å². The fourth-order valence-corrected chi connectivity index (χ4v) is 3.52. The maximum atomic E-state index is 4.60. The number of hydrogen-bond acceptors (Lipinski definition) is 3. The molecule has 0 aliphatic carbocycles. The maximum Gasteiger partial charge on any atom is 0.194 e. The fourth-order valence-electron chi connectivity index (χ4n) is 2.77. The fraction of sp³-hybridized carbons (Fsp3) is 0.412. The van der Waals surface area contributed by atoms with E-state index in [2.05, 4.69) is 56.8 Å². The minimum absolute atomic E-state index is 0.737. The number of guanidine groups is 1. The second kappa shape index (κ2) is 6.92. The van der Waals surface area contributed by atoms with Gasteiger partial charge in [0.05, 0.1) is 17.2 Å². The van der Waals surface area contributed by atoms with Crippen molar-refractivity contribution < 1.29 is 0 Å². The molecular formula is C17H22N4S. The van der Waals surface area contributed by atoms with Crippen LogP contribution >= 0.6 is 11.3 Å². The van der Waals surface area contributed by atoms with Crippen molar-refractivity contribution in [2.45, 2.75) is 32.9 Å².